The van der Waals surface area contributed by atoms with Crippen molar-refractivity contribution in [2.45, 2.75) is 12.8 Å². The quantitative estimate of drug-likeness (QED) is 0.650. The van der Waals surface area contributed by atoms with Gasteiger partial charge in [-0.3, -0.25) is 4.79 Å². The van der Waals surface area contributed by atoms with Crippen molar-refractivity contribution in [2.24, 2.45) is 0 Å². The lowest BCUT2D eigenvalue weighted by atomic mass is 10.3. The van der Waals surface area contributed by atoms with Crippen LogP contribution in [0.25, 0.3) is 0 Å². The fraction of sp³-hybridized carbons (Fsp3) is 0.750. The number of methoxy groups -OCH3 is 2. The molecule has 0 aromatic carbocycles. The number of hydrogen-bond donors (Lipinski definition) is 1. The average molecular weight is 268 g/mol. The minimum atomic E-state index is -3.92. The molecule has 0 saturated heterocycles. The van der Waals surface area contributed by atoms with E-state index in [2.05, 4.69) is 9.47 Å². The first kappa shape index (κ1) is 15.7. The summed E-state index contributed by atoms with van der Waals surface area (Å²) < 4.78 is 34.0. The van der Waals surface area contributed by atoms with Gasteiger partial charge in [-0.15, -0.1) is 0 Å². The summed E-state index contributed by atoms with van der Waals surface area (Å²) in [6.07, 6.45) is -0.662. The van der Waals surface area contributed by atoms with E-state index in [1.165, 1.54) is 14.2 Å². The predicted octanol–water partition coefficient (Wildman–Crippen LogP) is -0.528. The summed E-state index contributed by atoms with van der Waals surface area (Å²) in [5.74, 6) is -0.420. The maximum atomic E-state index is 11.4. The zero-order valence-corrected chi connectivity index (χ0v) is 10.7. The van der Waals surface area contributed by atoms with Gasteiger partial charge >= 0.3 is 22.3 Å². The van der Waals surface area contributed by atoms with Gasteiger partial charge < -0.3 is 9.47 Å². The lowest BCUT2D eigenvalue weighted by molar-refractivity contribution is -0.140. The van der Waals surface area contributed by atoms with Gasteiger partial charge in [0.15, 0.2) is 0 Å². The summed E-state index contributed by atoms with van der Waals surface area (Å²) in [5, 5.41) is 0. The standard InChI is InChI=1S/C8H16N2O6S/c1-10(6-4-5-7(11)15-2)17(13,14)9-8(12)16-3/h4-6H2,1-3H3,(H,9,12). The van der Waals surface area contributed by atoms with E-state index in [1.54, 1.807) is 4.72 Å². The van der Waals surface area contributed by atoms with Crippen molar-refractivity contribution < 1.29 is 27.5 Å². The molecule has 0 aromatic heterocycles. The number of amides is 1. The van der Waals surface area contributed by atoms with Crippen molar-refractivity contribution >= 4 is 22.3 Å². The molecule has 0 radical (unpaired) electrons. The maximum Gasteiger partial charge on any atom is 0.421 e. The minimum Gasteiger partial charge on any atom is -0.469 e. The molecule has 0 bridgehead atoms. The number of esters is 1. The Morgan fingerprint density at radius 3 is 2.29 bits per heavy atom. The molecular weight excluding hydrogens is 252 g/mol. The fourth-order valence-corrected chi connectivity index (χ4v) is 1.71. The van der Waals surface area contributed by atoms with Gasteiger partial charge in [0.1, 0.15) is 0 Å². The van der Waals surface area contributed by atoms with E-state index < -0.39 is 22.3 Å². The monoisotopic (exact) mass is 268 g/mol. The number of carbonyl (C=O) groups is 2. The Labute approximate surface area is 100 Å². The zero-order valence-electron chi connectivity index (χ0n) is 9.93. The van der Waals surface area contributed by atoms with Gasteiger partial charge in [0, 0.05) is 20.0 Å². The van der Waals surface area contributed by atoms with Crippen LogP contribution in [0.3, 0.4) is 0 Å². The Kier molecular flexibility index (Phi) is 6.51. The number of nitrogens with zero attached hydrogens (tertiary/aromatic N) is 1. The van der Waals surface area contributed by atoms with Gasteiger partial charge in [-0.2, -0.15) is 12.7 Å². The Morgan fingerprint density at radius 1 is 1.24 bits per heavy atom. The molecule has 0 fully saturated rings. The lowest BCUT2D eigenvalue weighted by Crippen LogP contribution is -2.41. The first-order chi connectivity index (χ1) is 7.83. The number of carbonyl (C=O) groups excluding carboxylic acids is 2. The highest BCUT2D eigenvalue weighted by molar-refractivity contribution is 7.87. The maximum absolute atomic E-state index is 11.4. The highest BCUT2D eigenvalue weighted by atomic mass is 32.2. The van der Waals surface area contributed by atoms with Crippen LogP contribution in [0.15, 0.2) is 0 Å². The third-order valence-corrected chi connectivity index (χ3v) is 3.32. The lowest BCUT2D eigenvalue weighted by Gasteiger charge is -2.16. The van der Waals surface area contributed by atoms with E-state index in [0.29, 0.717) is 6.42 Å². The van der Waals surface area contributed by atoms with E-state index in [-0.39, 0.29) is 13.0 Å². The number of nitrogens with one attached hydrogen (secondary N) is 1. The van der Waals surface area contributed by atoms with Gasteiger partial charge in [0.25, 0.3) is 0 Å². The van der Waals surface area contributed by atoms with Crippen LogP contribution in [0.4, 0.5) is 4.79 Å². The largest absolute Gasteiger partial charge is 0.469 e. The Bertz CT molecular complexity index is 366. The first-order valence-corrected chi connectivity index (χ1v) is 6.16. The molecule has 0 rings (SSSR count). The predicted molar refractivity (Wildman–Crippen MR) is 58.3 cm³/mol. The molecule has 8 nitrogen and oxygen atoms in total. The second-order valence-corrected chi connectivity index (χ2v) is 4.88. The smallest absolute Gasteiger partial charge is 0.421 e. The topological polar surface area (TPSA) is 102 Å². The molecule has 9 heteroatoms. The summed E-state index contributed by atoms with van der Waals surface area (Å²) in [7, 11) is -0.330. The molecule has 0 atom stereocenters. The van der Waals surface area contributed by atoms with Gasteiger partial charge in [-0.1, -0.05) is 0 Å². The minimum absolute atomic E-state index is 0.0847. The molecule has 0 saturated carbocycles. The highest BCUT2D eigenvalue weighted by Gasteiger charge is 2.20. The number of ether oxygens (including phenoxy) is 2. The molecule has 0 aliphatic carbocycles. The third kappa shape index (κ3) is 6.07. The molecule has 0 aliphatic heterocycles. The Morgan fingerprint density at radius 2 is 1.82 bits per heavy atom. The van der Waals surface area contributed by atoms with E-state index in [4.69, 9.17) is 0 Å². The van der Waals surface area contributed by atoms with Crippen molar-refractivity contribution in [1.29, 1.82) is 0 Å². The molecule has 0 aliphatic rings. The van der Waals surface area contributed by atoms with Crippen LogP contribution in [0, 0.1) is 0 Å². The summed E-state index contributed by atoms with van der Waals surface area (Å²) in [5.41, 5.74) is 0. The van der Waals surface area contributed by atoms with Crippen LogP contribution in [0.5, 0.6) is 0 Å². The molecule has 0 heterocycles. The van der Waals surface area contributed by atoms with Crippen LogP contribution in [-0.2, 0) is 24.5 Å². The van der Waals surface area contributed by atoms with E-state index in [1.807, 2.05) is 0 Å². The molecular formula is C8H16N2O6S. The number of hydrogen-bond acceptors (Lipinski definition) is 6. The highest BCUT2D eigenvalue weighted by Crippen LogP contribution is 1.99. The van der Waals surface area contributed by atoms with Crippen LogP contribution >= 0.6 is 0 Å². The molecule has 17 heavy (non-hydrogen) atoms. The Hall–Kier alpha value is -1.35. The average Bonchev–Trinajstić information content (AvgIpc) is 2.27. The van der Waals surface area contributed by atoms with Gasteiger partial charge in [0.2, 0.25) is 0 Å². The van der Waals surface area contributed by atoms with Crippen LogP contribution in [-0.4, -0.2) is 52.6 Å². The van der Waals surface area contributed by atoms with Gasteiger partial charge in [-0.25, -0.2) is 9.52 Å². The SMILES string of the molecule is COC(=O)CCCN(C)S(=O)(=O)NC(=O)OC. The van der Waals surface area contributed by atoms with E-state index in [0.717, 1.165) is 11.4 Å². The van der Waals surface area contributed by atoms with Crippen molar-refractivity contribution in [3.05, 3.63) is 0 Å². The van der Waals surface area contributed by atoms with Gasteiger partial charge in [0.05, 0.1) is 14.2 Å². The summed E-state index contributed by atoms with van der Waals surface area (Å²) in [4.78, 5) is 21.5. The summed E-state index contributed by atoms with van der Waals surface area (Å²) >= 11 is 0. The normalized spacial score (nSPS) is 11.1. The van der Waals surface area contributed by atoms with Crippen molar-refractivity contribution in [2.75, 3.05) is 27.8 Å². The molecule has 100 valence electrons. The van der Waals surface area contributed by atoms with Crippen molar-refractivity contribution in [3.8, 4) is 0 Å². The van der Waals surface area contributed by atoms with Gasteiger partial charge in [-0.05, 0) is 6.42 Å². The fourth-order valence-electron chi connectivity index (χ4n) is 0.893. The van der Waals surface area contributed by atoms with Crippen LogP contribution in [0.1, 0.15) is 12.8 Å². The molecule has 1 amide bonds. The second kappa shape index (κ2) is 7.07. The molecule has 0 spiro atoms. The number of rotatable bonds is 6. The van der Waals surface area contributed by atoms with Crippen LogP contribution < -0.4 is 4.72 Å². The second-order valence-electron chi connectivity index (χ2n) is 3.10. The van der Waals surface area contributed by atoms with E-state index in [9.17, 15) is 18.0 Å². The molecule has 0 aromatic rings. The molecule has 0 unspecified atom stereocenters. The Balaban J connectivity index is 4.16. The molecule has 1 N–H and O–H groups in total. The van der Waals surface area contributed by atoms with Crippen molar-refractivity contribution in [1.82, 2.24) is 9.03 Å². The first-order valence-electron chi connectivity index (χ1n) is 4.72. The van der Waals surface area contributed by atoms with Crippen LogP contribution in [0.2, 0.25) is 0 Å². The zero-order chi connectivity index (χ0) is 13.5. The van der Waals surface area contributed by atoms with Crippen molar-refractivity contribution in [3.63, 3.8) is 0 Å². The summed E-state index contributed by atoms with van der Waals surface area (Å²) in [6.45, 7) is 0.0847. The summed E-state index contributed by atoms with van der Waals surface area (Å²) in [6, 6.07) is 0. The van der Waals surface area contributed by atoms with E-state index >= 15 is 0 Å². The third-order valence-electron chi connectivity index (χ3n) is 1.89.